The number of allylic oxidation sites excluding steroid dienone is 1. The number of aromatic carboxylic acids is 1. The molecule has 0 aliphatic carbocycles. The Morgan fingerprint density at radius 1 is 1.29 bits per heavy atom. The SMILES string of the molecule is C=CCc1c(C(=O)O)ccc2cc(O)ccc12. The number of hydrogen-bond acceptors (Lipinski definition) is 2. The van der Waals surface area contributed by atoms with E-state index >= 15 is 0 Å². The summed E-state index contributed by atoms with van der Waals surface area (Å²) in [5.74, 6) is -0.776. The maximum absolute atomic E-state index is 11.1. The summed E-state index contributed by atoms with van der Waals surface area (Å²) in [6.07, 6.45) is 2.16. The third kappa shape index (κ3) is 1.99. The molecule has 0 atom stereocenters. The normalized spacial score (nSPS) is 10.4. The van der Waals surface area contributed by atoms with Gasteiger partial charge >= 0.3 is 5.97 Å². The van der Waals surface area contributed by atoms with E-state index in [0.29, 0.717) is 6.42 Å². The van der Waals surface area contributed by atoms with Crippen molar-refractivity contribution in [2.24, 2.45) is 0 Å². The summed E-state index contributed by atoms with van der Waals surface area (Å²) in [5, 5.41) is 20.2. The summed E-state index contributed by atoms with van der Waals surface area (Å²) < 4.78 is 0. The maximum atomic E-state index is 11.1. The van der Waals surface area contributed by atoms with Gasteiger partial charge in [-0.3, -0.25) is 0 Å². The van der Waals surface area contributed by atoms with Crippen LogP contribution < -0.4 is 0 Å². The molecule has 2 N–H and O–H groups in total. The molecular formula is C14H12O3. The Morgan fingerprint density at radius 2 is 2.06 bits per heavy atom. The molecule has 0 aliphatic rings. The molecule has 2 aromatic carbocycles. The molecule has 0 aromatic heterocycles. The lowest BCUT2D eigenvalue weighted by molar-refractivity contribution is 0.0696. The first-order chi connectivity index (χ1) is 8.13. The highest BCUT2D eigenvalue weighted by Gasteiger charge is 2.12. The van der Waals surface area contributed by atoms with Crippen molar-refractivity contribution in [3.8, 4) is 5.75 Å². The monoisotopic (exact) mass is 228 g/mol. The van der Waals surface area contributed by atoms with Gasteiger partial charge in [0.1, 0.15) is 5.75 Å². The lowest BCUT2D eigenvalue weighted by Gasteiger charge is -2.08. The smallest absolute Gasteiger partial charge is 0.335 e. The van der Waals surface area contributed by atoms with Crippen molar-refractivity contribution >= 4 is 16.7 Å². The number of aromatic hydroxyl groups is 1. The van der Waals surface area contributed by atoms with Gasteiger partial charge in [-0.25, -0.2) is 4.79 Å². The van der Waals surface area contributed by atoms with Crippen molar-refractivity contribution in [2.75, 3.05) is 0 Å². The molecule has 2 rings (SSSR count). The summed E-state index contributed by atoms with van der Waals surface area (Å²) in [6, 6.07) is 8.16. The van der Waals surface area contributed by atoms with Crippen LogP contribution in [0.3, 0.4) is 0 Å². The highest BCUT2D eigenvalue weighted by molar-refractivity contribution is 5.98. The number of carbonyl (C=O) groups is 1. The van der Waals surface area contributed by atoms with E-state index in [4.69, 9.17) is 5.11 Å². The van der Waals surface area contributed by atoms with Gasteiger partial charge in [0.15, 0.2) is 0 Å². The second-order valence-electron chi connectivity index (χ2n) is 3.80. The number of benzene rings is 2. The molecule has 0 unspecified atom stereocenters. The lowest BCUT2D eigenvalue weighted by atomic mass is 9.96. The molecule has 3 heteroatoms. The Kier molecular flexibility index (Phi) is 2.83. The largest absolute Gasteiger partial charge is 0.508 e. The van der Waals surface area contributed by atoms with Gasteiger partial charge in [0.25, 0.3) is 0 Å². The van der Waals surface area contributed by atoms with Gasteiger partial charge in [-0.2, -0.15) is 0 Å². The third-order valence-electron chi connectivity index (χ3n) is 2.69. The predicted octanol–water partition coefficient (Wildman–Crippen LogP) is 2.97. The minimum absolute atomic E-state index is 0.171. The van der Waals surface area contributed by atoms with Gasteiger partial charge in [0.05, 0.1) is 5.56 Å². The molecule has 0 heterocycles. The number of phenols is 1. The second-order valence-corrected chi connectivity index (χ2v) is 3.80. The Labute approximate surface area is 98.6 Å². The van der Waals surface area contributed by atoms with Gasteiger partial charge in [0, 0.05) is 0 Å². The zero-order valence-electron chi connectivity index (χ0n) is 9.18. The zero-order chi connectivity index (χ0) is 12.4. The summed E-state index contributed by atoms with van der Waals surface area (Å²) in [4.78, 5) is 11.1. The first kappa shape index (κ1) is 11.2. The van der Waals surface area contributed by atoms with E-state index in [-0.39, 0.29) is 11.3 Å². The van der Waals surface area contributed by atoms with E-state index in [9.17, 15) is 9.90 Å². The van der Waals surface area contributed by atoms with E-state index < -0.39 is 5.97 Å². The number of phenolic OH excluding ortho intramolecular Hbond substituents is 1. The Balaban J connectivity index is 2.78. The predicted molar refractivity (Wildman–Crippen MR) is 66.5 cm³/mol. The number of rotatable bonds is 3. The third-order valence-corrected chi connectivity index (χ3v) is 2.69. The molecule has 0 saturated heterocycles. The molecule has 0 saturated carbocycles. The Morgan fingerprint density at radius 3 is 2.71 bits per heavy atom. The van der Waals surface area contributed by atoms with E-state index in [2.05, 4.69) is 6.58 Å². The minimum atomic E-state index is -0.947. The highest BCUT2D eigenvalue weighted by atomic mass is 16.4. The van der Waals surface area contributed by atoms with Crippen molar-refractivity contribution in [3.63, 3.8) is 0 Å². The minimum Gasteiger partial charge on any atom is -0.508 e. The molecule has 0 aliphatic heterocycles. The summed E-state index contributed by atoms with van der Waals surface area (Å²) in [7, 11) is 0. The van der Waals surface area contributed by atoms with Crippen LogP contribution in [0.15, 0.2) is 43.0 Å². The summed E-state index contributed by atoms with van der Waals surface area (Å²) >= 11 is 0. The van der Waals surface area contributed by atoms with E-state index in [0.717, 1.165) is 16.3 Å². The van der Waals surface area contributed by atoms with Crippen molar-refractivity contribution < 1.29 is 15.0 Å². The number of carboxylic acid groups (broad SMARTS) is 1. The molecule has 3 nitrogen and oxygen atoms in total. The topological polar surface area (TPSA) is 57.5 Å². The molecular weight excluding hydrogens is 216 g/mol. The van der Waals surface area contributed by atoms with Crippen LogP contribution in [0, 0.1) is 0 Å². The fourth-order valence-electron chi connectivity index (χ4n) is 1.95. The first-order valence-corrected chi connectivity index (χ1v) is 5.22. The van der Waals surface area contributed by atoms with Gasteiger partial charge in [0.2, 0.25) is 0 Å². The lowest BCUT2D eigenvalue weighted by Crippen LogP contribution is -2.02. The second kappa shape index (κ2) is 4.29. The standard InChI is InChI=1S/C14H12O3/c1-2-3-12-11-7-5-10(15)8-9(11)4-6-13(12)14(16)17/h2,4-8,15H,1,3H2,(H,16,17). The summed E-state index contributed by atoms with van der Waals surface area (Å²) in [6.45, 7) is 3.64. The molecule has 0 spiro atoms. The maximum Gasteiger partial charge on any atom is 0.335 e. The number of fused-ring (bicyclic) bond motifs is 1. The molecule has 2 aromatic rings. The Bertz CT molecular complexity index is 600. The van der Waals surface area contributed by atoms with Crippen molar-refractivity contribution in [1.29, 1.82) is 0 Å². The van der Waals surface area contributed by atoms with Crippen LogP contribution in [0.1, 0.15) is 15.9 Å². The molecule has 86 valence electrons. The van der Waals surface area contributed by atoms with Crippen LogP contribution in [0.4, 0.5) is 0 Å². The zero-order valence-corrected chi connectivity index (χ0v) is 9.18. The van der Waals surface area contributed by atoms with Gasteiger partial charge in [-0.05, 0) is 41.0 Å². The molecule has 0 bridgehead atoms. The van der Waals surface area contributed by atoms with E-state index in [1.54, 1.807) is 36.4 Å². The van der Waals surface area contributed by atoms with E-state index in [1.165, 1.54) is 0 Å². The fourth-order valence-corrected chi connectivity index (χ4v) is 1.95. The molecule has 17 heavy (non-hydrogen) atoms. The van der Waals surface area contributed by atoms with E-state index in [1.807, 2.05) is 0 Å². The van der Waals surface area contributed by atoms with Crippen LogP contribution >= 0.6 is 0 Å². The van der Waals surface area contributed by atoms with Gasteiger partial charge in [-0.15, -0.1) is 6.58 Å². The quantitative estimate of drug-likeness (QED) is 0.794. The van der Waals surface area contributed by atoms with Crippen LogP contribution in [0.5, 0.6) is 5.75 Å². The number of hydrogen-bond donors (Lipinski definition) is 2. The van der Waals surface area contributed by atoms with Crippen molar-refractivity contribution in [3.05, 3.63) is 54.1 Å². The average Bonchev–Trinajstić information content (AvgIpc) is 2.28. The molecule has 0 radical (unpaired) electrons. The van der Waals surface area contributed by atoms with Crippen LogP contribution in [0.25, 0.3) is 10.8 Å². The Hall–Kier alpha value is -2.29. The molecule has 0 fully saturated rings. The van der Waals surface area contributed by atoms with Crippen LogP contribution in [-0.2, 0) is 6.42 Å². The molecule has 0 amide bonds. The average molecular weight is 228 g/mol. The highest BCUT2D eigenvalue weighted by Crippen LogP contribution is 2.26. The number of carboxylic acids is 1. The van der Waals surface area contributed by atoms with Crippen molar-refractivity contribution in [1.82, 2.24) is 0 Å². The summed E-state index contributed by atoms with van der Waals surface area (Å²) in [5.41, 5.74) is 1.01. The first-order valence-electron chi connectivity index (χ1n) is 5.22. The van der Waals surface area contributed by atoms with Crippen LogP contribution in [0.2, 0.25) is 0 Å². The van der Waals surface area contributed by atoms with Gasteiger partial charge in [-0.1, -0.05) is 18.2 Å². The van der Waals surface area contributed by atoms with Crippen LogP contribution in [-0.4, -0.2) is 16.2 Å². The van der Waals surface area contributed by atoms with Gasteiger partial charge < -0.3 is 10.2 Å². The fraction of sp³-hybridized carbons (Fsp3) is 0.0714. The van der Waals surface area contributed by atoms with Crippen molar-refractivity contribution in [2.45, 2.75) is 6.42 Å².